The van der Waals surface area contributed by atoms with Gasteiger partial charge in [0.05, 0.1) is 24.2 Å². The van der Waals surface area contributed by atoms with Crippen LogP contribution in [-0.4, -0.2) is 15.2 Å². The molecule has 0 unspecified atom stereocenters. The van der Waals surface area contributed by atoms with Crippen molar-refractivity contribution in [2.75, 3.05) is 0 Å². The normalized spacial score (nSPS) is 12.0. The molecule has 0 spiro atoms. The van der Waals surface area contributed by atoms with Gasteiger partial charge >= 0.3 is 0 Å². The molecule has 0 amide bonds. The van der Waals surface area contributed by atoms with Crippen LogP contribution in [0.25, 0.3) is 0 Å². The molecule has 4 nitrogen and oxygen atoms in total. The van der Waals surface area contributed by atoms with Crippen molar-refractivity contribution in [2.24, 2.45) is 7.05 Å². The molecule has 0 aromatic carbocycles. The van der Waals surface area contributed by atoms with Crippen molar-refractivity contribution in [1.82, 2.24) is 15.0 Å². The van der Waals surface area contributed by atoms with Gasteiger partial charge in [0.2, 0.25) is 0 Å². The Bertz CT molecular complexity index is 262. The lowest BCUT2D eigenvalue weighted by Crippen LogP contribution is -2.29. The molecule has 4 heteroatoms. The second kappa shape index (κ2) is 3.89. The molecule has 1 aromatic rings. The first-order valence-electron chi connectivity index (χ1n) is 4.35. The number of aromatic nitrogens is 2. The van der Waals surface area contributed by atoms with Gasteiger partial charge in [0.25, 0.3) is 0 Å². The topological polar surface area (TPSA) is 39.1 Å². The van der Waals surface area contributed by atoms with E-state index >= 15 is 0 Å². The number of nitrogens with zero attached hydrogens (tertiary/aromatic N) is 2. The molecule has 0 radical (unpaired) electrons. The van der Waals surface area contributed by atoms with E-state index in [-0.39, 0.29) is 5.60 Å². The zero-order chi connectivity index (χ0) is 9.90. The Morgan fingerprint density at radius 1 is 1.54 bits per heavy atom. The van der Waals surface area contributed by atoms with Gasteiger partial charge in [-0.2, -0.15) is 5.48 Å². The fourth-order valence-electron chi connectivity index (χ4n) is 0.881. The van der Waals surface area contributed by atoms with Crippen molar-refractivity contribution in [2.45, 2.75) is 32.9 Å². The van der Waals surface area contributed by atoms with Crippen molar-refractivity contribution in [3.63, 3.8) is 0 Å². The van der Waals surface area contributed by atoms with Gasteiger partial charge in [0.15, 0.2) is 0 Å². The Hall–Kier alpha value is -0.870. The second-order valence-electron chi connectivity index (χ2n) is 4.03. The van der Waals surface area contributed by atoms with Crippen LogP contribution in [0.15, 0.2) is 12.5 Å². The van der Waals surface area contributed by atoms with Crippen LogP contribution in [0, 0.1) is 0 Å². The first-order valence-corrected chi connectivity index (χ1v) is 4.35. The molecule has 1 aromatic heterocycles. The van der Waals surface area contributed by atoms with Gasteiger partial charge in [-0.15, -0.1) is 0 Å². The van der Waals surface area contributed by atoms with E-state index in [1.165, 1.54) is 0 Å². The van der Waals surface area contributed by atoms with Gasteiger partial charge < -0.3 is 4.57 Å². The zero-order valence-corrected chi connectivity index (χ0v) is 8.66. The highest BCUT2D eigenvalue weighted by atomic mass is 16.7. The summed E-state index contributed by atoms with van der Waals surface area (Å²) >= 11 is 0. The lowest BCUT2D eigenvalue weighted by molar-refractivity contribution is -0.0763. The SMILES string of the molecule is Cn1cncc1CNOC(C)(C)C. The highest BCUT2D eigenvalue weighted by Crippen LogP contribution is 2.04. The van der Waals surface area contributed by atoms with E-state index in [4.69, 9.17) is 4.84 Å². The number of hydroxylamine groups is 1. The van der Waals surface area contributed by atoms with Crippen LogP contribution < -0.4 is 5.48 Å². The number of hydrogen-bond donors (Lipinski definition) is 1. The largest absolute Gasteiger partial charge is 0.336 e. The van der Waals surface area contributed by atoms with Gasteiger partial charge in [-0.3, -0.25) is 4.84 Å². The lowest BCUT2D eigenvalue weighted by Gasteiger charge is -2.19. The molecule has 0 aliphatic carbocycles. The Morgan fingerprint density at radius 3 is 2.69 bits per heavy atom. The van der Waals surface area contributed by atoms with E-state index in [1.807, 2.05) is 38.6 Å². The quantitative estimate of drug-likeness (QED) is 0.717. The van der Waals surface area contributed by atoms with Crippen LogP contribution in [-0.2, 0) is 18.4 Å². The van der Waals surface area contributed by atoms with Crippen LogP contribution in [0.4, 0.5) is 0 Å². The highest BCUT2D eigenvalue weighted by Gasteiger charge is 2.10. The summed E-state index contributed by atoms with van der Waals surface area (Å²) in [5.74, 6) is 0. The smallest absolute Gasteiger partial charge is 0.0945 e. The molecule has 13 heavy (non-hydrogen) atoms. The minimum Gasteiger partial charge on any atom is -0.336 e. The Kier molecular flexibility index (Phi) is 3.06. The number of rotatable bonds is 3. The van der Waals surface area contributed by atoms with Gasteiger partial charge in [0.1, 0.15) is 0 Å². The van der Waals surface area contributed by atoms with Gasteiger partial charge in [-0.1, -0.05) is 0 Å². The third kappa shape index (κ3) is 3.57. The number of hydrogen-bond acceptors (Lipinski definition) is 3. The van der Waals surface area contributed by atoms with Crippen LogP contribution in [0.3, 0.4) is 0 Å². The zero-order valence-electron chi connectivity index (χ0n) is 8.66. The van der Waals surface area contributed by atoms with Gasteiger partial charge in [-0.05, 0) is 20.8 Å². The number of imidazole rings is 1. The molecule has 74 valence electrons. The summed E-state index contributed by atoms with van der Waals surface area (Å²) in [6, 6.07) is 0. The fraction of sp³-hybridized carbons (Fsp3) is 0.667. The van der Waals surface area contributed by atoms with Crippen LogP contribution >= 0.6 is 0 Å². The molecule has 0 aliphatic rings. The predicted molar refractivity (Wildman–Crippen MR) is 50.9 cm³/mol. The molecule has 0 fully saturated rings. The van der Waals surface area contributed by atoms with E-state index in [9.17, 15) is 0 Å². The highest BCUT2D eigenvalue weighted by molar-refractivity contribution is 4.95. The summed E-state index contributed by atoms with van der Waals surface area (Å²) in [7, 11) is 1.96. The van der Waals surface area contributed by atoms with Crippen molar-refractivity contribution in [3.8, 4) is 0 Å². The Labute approximate surface area is 78.9 Å². The third-order valence-corrected chi connectivity index (χ3v) is 1.55. The summed E-state index contributed by atoms with van der Waals surface area (Å²) in [6.07, 6.45) is 3.59. The molecule has 0 bridgehead atoms. The first kappa shape index (κ1) is 10.2. The molecule has 0 saturated carbocycles. The summed E-state index contributed by atoms with van der Waals surface area (Å²) in [6.45, 7) is 6.68. The average Bonchev–Trinajstić information content (AvgIpc) is 2.34. The third-order valence-electron chi connectivity index (χ3n) is 1.55. The second-order valence-corrected chi connectivity index (χ2v) is 4.03. The molecular formula is C9H17N3O. The van der Waals surface area contributed by atoms with E-state index in [1.54, 1.807) is 6.33 Å². The predicted octanol–water partition coefficient (Wildman–Crippen LogP) is 1.24. The lowest BCUT2D eigenvalue weighted by atomic mass is 10.2. The van der Waals surface area contributed by atoms with E-state index in [2.05, 4.69) is 10.5 Å². The minimum atomic E-state index is -0.154. The molecule has 1 heterocycles. The molecular weight excluding hydrogens is 166 g/mol. The maximum atomic E-state index is 5.37. The molecule has 0 saturated heterocycles. The number of aryl methyl sites for hydroxylation is 1. The summed E-state index contributed by atoms with van der Waals surface area (Å²) in [5.41, 5.74) is 3.85. The van der Waals surface area contributed by atoms with Gasteiger partial charge in [-0.25, -0.2) is 4.98 Å². The van der Waals surface area contributed by atoms with E-state index < -0.39 is 0 Å². The Morgan fingerprint density at radius 2 is 2.23 bits per heavy atom. The molecule has 1 N–H and O–H groups in total. The van der Waals surface area contributed by atoms with Crippen LogP contribution in [0.2, 0.25) is 0 Å². The first-order chi connectivity index (χ1) is 5.99. The molecule has 1 rings (SSSR count). The van der Waals surface area contributed by atoms with E-state index in [0.717, 1.165) is 5.69 Å². The fourth-order valence-corrected chi connectivity index (χ4v) is 0.881. The van der Waals surface area contributed by atoms with Crippen molar-refractivity contribution < 1.29 is 4.84 Å². The molecule has 0 atom stereocenters. The summed E-state index contributed by atoms with van der Waals surface area (Å²) in [5, 5.41) is 0. The number of nitrogens with one attached hydrogen (secondary N) is 1. The standard InChI is InChI=1S/C9H17N3O/c1-9(2,3)13-11-6-8-5-10-7-12(8)4/h5,7,11H,6H2,1-4H3. The monoisotopic (exact) mass is 183 g/mol. The molecule has 0 aliphatic heterocycles. The van der Waals surface area contributed by atoms with Crippen molar-refractivity contribution in [1.29, 1.82) is 0 Å². The van der Waals surface area contributed by atoms with E-state index in [0.29, 0.717) is 6.54 Å². The van der Waals surface area contributed by atoms with Crippen LogP contribution in [0.5, 0.6) is 0 Å². The van der Waals surface area contributed by atoms with Crippen molar-refractivity contribution >= 4 is 0 Å². The maximum absolute atomic E-state index is 5.37. The summed E-state index contributed by atoms with van der Waals surface area (Å²) < 4.78 is 1.96. The van der Waals surface area contributed by atoms with Crippen LogP contribution in [0.1, 0.15) is 26.5 Å². The van der Waals surface area contributed by atoms with Gasteiger partial charge in [0, 0.05) is 13.2 Å². The minimum absolute atomic E-state index is 0.154. The summed E-state index contributed by atoms with van der Waals surface area (Å²) in [4.78, 5) is 9.37. The average molecular weight is 183 g/mol. The maximum Gasteiger partial charge on any atom is 0.0945 e. The van der Waals surface area contributed by atoms with Crippen molar-refractivity contribution in [3.05, 3.63) is 18.2 Å². The Balaban J connectivity index is 2.32.